The number of benzene rings is 3. The lowest BCUT2D eigenvalue weighted by Crippen LogP contribution is -2.07. The number of fused-ring (bicyclic) bond motifs is 1. The van der Waals surface area contributed by atoms with Gasteiger partial charge < -0.3 is 14.4 Å². The van der Waals surface area contributed by atoms with E-state index in [-0.39, 0.29) is 23.3 Å². The van der Waals surface area contributed by atoms with Crippen molar-refractivity contribution in [1.82, 2.24) is 9.55 Å². The number of rotatable bonds is 10. The molecule has 4 rings (SSSR count). The van der Waals surface area contributed by atoms with Gasteiger partial charge in [0.15, 0.2) is 5.78 Å². The SMILES string of the molecule is Cc1c(OCCCCn2c(-c3ccc(F)cc3)nc3ccccc32)ccc(C(=O)CC(C)C)c1O. The van der Waals surface area contributed by atoms with Gasteiger partial charge >= 0.3 is 0 Å². The van der Waals surface area contributed by atoms with Crippen LogP contribution in [0.5, 0.6) is 11.5 Å². The first-order valence-corrected chi connectivity index (χ1v) is 12.0. The predicted octanol–water partition coefficient (Wildman–Crippen LogP) is 6.94. The zero-order valence-electron chi connectivity index (χ0n) is 20.4. The third-order valence-corrected chi connectivity index (χ3v) is 6.07. The minimum absolute atomic E-state index is 0.00183. The van der Waals surface area contributed by atoms with Gasteiger partial charge in [-0.1, -0.05) is 26.0 Å². The monoisotopic (exact) mass is 474 g/mol. The number of carbonyl (C=O) groups excluding carboxylic acids is 1. The van der Waals surface area contributed by atoms with Crippen LogP contribution in [0.1, 0.15) is 49.0 Å². The summed E-state index contributed by atoms with van der Waals surface area (Å²) in [6.45, 7) is 6.95. The van der Waals surface area contributed by atoms with Gasteiger partial charge in [-0.15, -0.1) is 0 Å². The van der Waals surface area contributed by atoms with E-state index >= 15 is 0 Å². The number of aryl methyl sites for hydroxylation is 1. The standard InChI is InChI=1S/C29H31FN2O3/c1-19(2)18-26(33)23-14-15-27(20(3)28(23)34)35-17-7-6-16-32-25-9-5-4-8-24(25)31-29(32)21-10-12-22(30)13-11-21/h4-5,8-15,19,34H,6-7,16-18H2,1-3H3. The second kappa shape index (κ2) is 10.7. The van der Waals surface area contributed by atoms with E-state index in [2.05, 4.69) is 4.57 Å². The molecule has 6 heteroatoms. The fourth-order valence-corrected chi connectivity index (χ4v) is 4.22. The molecular formula is C29H31FN2O3. The lowest BCUT2D eigenvalue weighted by atomic mass is 9.98. The van der Waals surface area contributed by atoms with Gasteiger partial charge in [0.2, 0.25) is 0 Å². The summed E-state index contributed by atoms with van der Waals surface area (Å²) in [4.78, 5) is 17.1. The Morgan fingerprint density at radius 1 is 1.06 bits per heavy atom. The summed E-state index contributed by atoms with van der Waals surface area (Å²) in [5.74, 6) is 1.30. The zero-order chi connectivity index (χ0) is 24.9. The molecule has 0 aliphatic carbocycles. The van der Waals surface area contributed by atoms with Crippen LogP contribution in [0.25, 0.3) is 22.4 Å². The van der Waals surface area contributed by atoms with E-state index in [9.17, 15) is 14.3 Å². The van der Waals surface area contributed by atoms with Crippen molar-refractivity contribution in [3.8, 4) is 22.9 Å². The van der Waals surface area contributed by atoms with Crippen LogP contribution in [0.15, 0.2) is 60.7 Å². The van der Waals surface area contributed by atoms with Crippen molar-refractivity contribution in [2.75, 3.05) is 6.61 Å². The highest BCUT2D eigenvalue weighted by Crippen LogP contribution is 2.32. The third-order valence-electron chi connectivity index (χ3n) is 6.07. The smallest absolute Gasteiger partial charge is 0.166 e. The summed E-state index contributed by atoms with van der Waals surface area (Å²) < 4.78 is 21.5. The molecule has 0 aliphatic rings. The second-order valence-corrected chi connectivity index (χ2v) is 9.24. The summed E-state index contributed by atoms with van der Waals surface area (Å²) in [5, 5.41) is 10.5. The summed E-state index contributed by atoms with van der Waals surface area (Å²) in [6, 6.07) is 17.8. The molecule has 0 radical (unpaired) electrons. The van der Waals surface area contributed by atoms with Crippen LogP contribution in [-0.2, 0) is 6.54 Å². The van der Waals surface area contributed by atoms with Gasteiger partial charge in [-0.2, -0.15) is 0 Å². The molecule has 4 aromatic rings. The van der Waals surface area contributed by atoms with E-state index in [0.717, 1.165) is 41.8 Å². The van der Waals surface area contributed by atoms with Crippen molar-refractivity contribution >= 4 is 16.8 Å². The molecule has 0 fully saturated rings. The molecule has 5 nitrogen and oxygen atoms in total. The first kappa shape index (κ1) is 24.5. The fraction of sp³-hybridized carbons (Fsp3) is 0.310. The number of hydrogen-bond donors (Lipinski definition) is 1. The summed E-state index contributed by atoms with van der Waals surface area (Å²) in [5.41, 5.74) is 3.75. The van der Waals surface area contributed by atoms with Crippen molar-refractivity contribution in [3.63, 3.8) is 0 Å². The summed E-state index contributed by atoms with van der Waals surface area (Å²) in [6.07, 6.45) is 2.05. The number of imidazole rings is 1. The zero-order valence-corrected chi connectivity index (χ0v) is 20.4. The predicted molar refractivity (Wildman–Crippen MR) is 136 cm³/mol. The van der Waals surface area contributed by atoms with Crippen LogP contribution >= 0.6 is 0 Å². The van der Waals surface area contributed by atoms with Crippen molar-refractivity contribution in [2.24, 2.45) is 5.92 Å². The number of nitrogens with zero attached hydrogens (tertiary/aromatic N) is 2. The number of phenolic OH excluding ortho intramolecular Hbond substituents is 1. The van der Waals surface area contributed by atoms with E-state index in [0.29, 0.717) is 29.9 Å². The Morgan fingerprint density at radius 2 is 1.80 bits per heavy atom. The molecule has 182 valence electrons. The van der Waals surface area contributed by atoms with Crippen molar-refractivity contribution < 1.29 is 19.0 Å². The average molecular weight is 475 g/mol. The molecule has 0 spiro atoms. The molecule has 1 heterocycles. The summed E-state index contributed by atoms with van der Waals surface area (Å²) >= 11 is 0. The Kier molecular flexibility index (Phi) is 7.49. The Balaban J connectivity index is 1.40. The van der Waals surface area contributed by atoms with Gasteiger partial charge in [0.05, 0.1) is 23.2 Å². The third kappa shape index (κ3) is 5.53. The number of para-hydroxylation sites is 2. The van der Waals surface area contributed by atoms with Crippen LogP contribution in [0, 0.1) is 18.7 Å². The number of ether oxygens (including phenoxy) is 1. The maximum absolute atomic E-state index is 13.4. The number of ketones is 1. The Morgan fingerprint density at radius 3 is 2.54 bits per heavy atom. The minimum Gasteiger partial charge on any atom is -0.507 e. The highest BCUT2D eigenvalue weighted by Gasteiger charge is 2.17. The van der Waals surface area contributed by atoms with E-state index in [1.54, 1.807) is 31.2 Å². The fourth-order valence-electron chi connectivity index (χ4n) is 4.22. The molecule has 0 unspecified atom stereocenters. The minimum atomic E-state index is -0.271. The number of aromatic hydroxyl groups is 1. The van der Waals surface area contributed by atoms with Gasteiger partial charge in [-0.25, -0.2) is 9.37 Å². The number of Topliss-reactive ketones (excluding diaryl/α,β-unsaturated/α-hetero) is 1. The first-order chi connectivity index (χ1) is 16.8. The molecule has 0 atom stereocenters. The number of unbranched alkanes of at least 4 members (excludes halogenated alkanes) is 1. The van der Waals surface area contributed by atoms with E-state index in [1.165, 1.54) is 12.1 Å². The molecule has 0 bridgehead atoms. The lowest BCUT2D eigenvalue weighted by molar-refractivity contribution is 0.0965. The molecule has 0 saturated carbocycles. The largest absolute Gasteiger partial charge is 0.507 e. The van der Waals surface area contributed by atoms with E-state index < -0.39 is 0 Å². The molecular weight excluding hydrogens is 443 g/mol. The van der Waals surface area contributed by atoms with Crippen LogP contribution < -0.4 is 4.74 Å². The van der Waals surface area contributed by atoms with Crippen LogP contribution in [0.4, 0.5) is 4.39 Å². The lowest BCUT2D eigenvalue weighted by Gasteiger charge is -2.14. The van der Waals surface area contributed by atoms with Gasteiger partial charge in [-0.3, -0.25) is 4.79 Å². The highest BCUT2D eigenvalue weighted by atomic mass is 19.1. The molecule has 0 aliphatic heterocycles. The average Bonchev–Trinajstić information content (AvgIpc) is 3.20. The van der Waals surface area contributed by atoms with Gasteiger partial charge in [0.25, 0.3) is 0 Å². The number of aromatic nitrogens is 2. The molecule has 0 amide bonds. The number of carbonyl (C=O) groups is 1. The van der Waals surface area contributed by atoms with Gasteiger partial charge in [0.1, 0.15) is 23.1 Å². The van der Waals surface area contributed by atoms with E-state index in [4.69, 9.17) is 9.72 Å². The topological polar surface area (TPSA) is 64.4 Å². The first-order valence-electron chi connectivity index (χ1n) is 12.0. The maximum Gasteiger partial charge on any atom is 0.166 e. The van der Waals surface area contributed by atoms with Crippen molar-refractivity contribution in [1.29, 1.82) is 0 Å². The quantitative estimate of drug-likeness (QED) is 0.200. The molecule has 1 N–H and O–H groups in total. The maximum atomic E-state index is 13.4. The van der Waals surface area contributed by atoms with Crippen LogP contribution in [-0.4, -0.2) is 27.0 Å². The number of halogens is 1. The molecule has 3 aromatic carbocycles. The Bertz CT molecular complexity index is 1330. The van der Waals surface area contributed by atoms with Gasteiger partial charge in [0, 0.05) is 24.1 Å². The Labute approximate surface area is 205 Å². The number of phenols is 1. The molecule has 35 heavy (non-hydrogen) atoms. The highest BCUT2D eigenvalue weighted by molar-refractivity contribution is 5.99. The normalized spacial score (nSPS) is 11.3. The number of hydrogen-bond acceptors (Lipinski definition) is 4. The van der Waals surface area contributed by atoms with E-state index in [1.807, 2.05) is 38.1 Å². The molecule has 0 saturated heterocycles. The molecule has 1 aromatic heterocycles. The Hall–Kier alpha value is -3.67. The van der Waals surface area contributed by atoms with Crippen LogP contribution in [0.2, 0.25) is 0 Å². The van der Waals surface area contributed by atoms with Crippen molar-refractivity contribution in [3.05, 3.63) is 77.6 Å². The summed E-state index contributed by atoms with van der Waals surface area (Å²) in [7, 11) is 0. The van der Waals surface area contributed by atoms with Crippen molar-refractivity contribution in [2.45, 2.75) is 46.6 Å². The van der Waals surface area contributed by atoms with Gasteiger partial charge in [-0.05, 0) is 74.2 Å². The van der Waals surface area contributed by atoms with Crippen LogP contribution in [0.3, 0.4) is 0 Å². The second-order valence-electron chi connectivity index (χ2n) is 9.24.